The Morgan fingerprint density at radius 2 is 2.00 bits per heavy atom. The largest absolute Gasteiger partial charge is 0.497 e. The molecule has 0 spiro atoms. The minimum atomic E-state index is -0.685. The molecule has 0 saturated heterocycles. The van der Waals surface area contributed by atoms with E-state index < -0.39 is 12.0 Å². The number of aromatic nitrogens is 1. The minimum Gasteiger partial charge on any atom is -0.497 e. The van der Waals surface area contributed by atoms with E-state index in [-0.39, 0.29) is 12.2 Å². The van der Waals surface area contributed by atoms with Gasteiger partial charge in [0.15, 0.2) is 4.80 Å². The number of hydrogen-bond donors (Lipinski definition) is 0. The molecule has 32 heavy (non-hydrogen) atoms. The summed E-state index contributed by atoms with van der Waals surface area (Å²) in [5, 5.41) is 0. The van der Waals surface area contributed by atoms with Gasteiger partial charge in [0.2, 0.25) is 0 Å². The van der Waals surface area contributed by atoms with Gasteiger partial charge >= 0.3 is 5.97 Å². The third-order valence-corrected chi connectivity index (χ3v) is 6.02. The molecule has 4 rings (SSSR count). The minimum absolute atomic E-state index is 0.0627. The Bertz CT molecular complexity index is 1390. The molecule has 0 N–H and O–H groups in total. The predicted molar refractivity (Wildman–Crippen MR) is 121 cm³/mol. The van der Waals surface area contributed by atoms with E-state index in [0.29, 0.717) is 32.1 Å². The zero-order valence-electron chi connectivity index (χ0n) is 18.0. The van der Waals surface area contributed by atoms with Crippen molar-refractivity contribution in [2.45, 2.75) is 19.9 Å². The highest BCUT2D eigenvalue weighted by molar-refractivity contribution is 7.07. The number of hydrogen-bond acceptors (Lipinski definition) is 7. The SMILES string of the molecule is C=CCOC(=O)C1=C(C)N=c2s/c(=C\c3ccc(C)o3)c(=O)n2[C@H]1c1ccc(OC)cc1. The Morgan fingerprint density at radius 1 is 1.25 bits per heavy atom. The molecule has 8 heteroatoms. The van der Waals surface area contributed by atoms with Gasteiger partial charge in [0.1, 0.15) is 23.9 Å². The lowest BCUT2D eigenvalue weighted by atomic mass is 9.96. The second kappa shape index (κ2) is 8.84. The molecule has 0 saturated carbocycles. The second-order valence-corrected chi connectivity index (χ2v) is 8.20. The summed E-state index contributed by atoms with van der Waals surface area (Å²) in [6.45, 7) is 7.24. The number of fused-ring (bicyclic) bond motifs is 1. The molecule has 3 heterocycles. The Kier molecular flexibility index (Phi) is 5.96. The van der Waals surface area contributed by atoms with E-state index in [1.165, 1.54) is 22.0 Å². The van der Waals surface area contributed by atoms with Crippen molar-refractivity contribution in [3.63, 3.8) is 0 Å². The van der Waals surface area contributed by atoms with Crippen LogP contribution in [0.1, 0.15) is 30.0 Å². The van der Waals surface area contributed by atoms with Gasteiger partial charge in [0.05, 0.1) is 29.0 Å². The maximum atomic E-state index is 13.4. The first kappa shape index (κ1) is 21.6. The molecule has 1 aliphatic heterocycles. The molecule has 3 aromatic rings. The average Bonchev–Trinajstić information content (AvgIpc) is 3.33. The zero-order valence-corrected chi connectivity index (χ0v) is 18.8. The summed E-state index contributed by atoms with van der Waals surface area (Å²) in [5.74, 6) is 1.46. The molecule has 1 aliphatic rings. The fourth-order valence-electron chi connectivity index (χ4n) is 3.56. The van der Waals surface area contributed by atoms with Gasteiger partial charge in [0.25, 0.3) is 5.56 Å². The molecule has 1 atom stereocenters. The molecule has 0 fully saturated rings. The maximum absolute atomic E-state index is 13.4. The van der Waals surface area contributed by atoms with Crippen LogP contribution in [-0.4, -0.2) is 24.3 Å². The number of rotatable bonds is 6. The third-order valence-electron chi connectivity index (χ3n) is 5.04. The van der Waals surface area contributed by atoms with Gasteiger partial charge in [-0.2, -0.15) is 0 Å². The average molecular weight is 451 g/mol. The highest BCUT2D eigenvalue weighted by Crippen LogP contribution is 2.31. The quantitative estimate of drug-likeness (QED) is 0.426. The lowest BCUT2D eigenvalue weighted by molar-refractivity contribution is -0.138. The van der Waals surface area contributed by atoms with E-state index in [0.717, 1.165) is 11.3 Å². The van der Waals surface area contributed by atoms with E-state index in [2.05, 4.69) is 11.6 Å². The molecule has 0 radical (unpaired) electrons. The molecule has 0 aliphatic carbocycles. The van der Waals surface area contributed by atoms with Crippen molar-refractivity contribution in [1.82, 2.24) is 4.57 Å². The van der Waals surface area contributed by atoms with Crippen molar-refractivity contribution < 1.29 is 18.7 Å². The Morgan fingerprint density at radius 3 is 2.62 bits per heavy atom. The topological polar surface area (TPSA) is 83.0 Å². The summed E-state index contributed by atoms with van der Waals surface area (Å²) in [5.41, 5.74) is 1.30. The molecule has 2 aromatic heterocycles. The van der Waals surface area contributed by atoms with Crippen molar-refractivity contribution in [2.24, 2.45) is 4.99 Å². The Balaban J connectivity index is 1.92. The van der Waals surface area contributed by atoms with Gasteiger partial charge in [-0.25, -0.2) is 9.79 Å². The second-order valence-electron chi connectivity index (χ2n) is 7.19. The van der Waals surface area contributed by atoms with Crippen LogP contribution in [0, 0.1) is 6.92 Å². The standard InChI is InChI=1S/C24H22N2O5S/c1-5-12-30-23(28)20-15(3)25-24-26(21(20)16-7-10-17(29-4)11-8-16)22(27)19(32-24)13-18-9-6-14(2)31-18/h5-11,13,21H,1,12H2,2-4H3/b19-13-/t21-/m0/s1. The maximum Gasteiger partial charge on any atom is 0.338 e. The number of furan rings is 1. The van der Waals surface area contributed by atoms with Crippen LogP contribution >= 0.6 is 11.3 Å². The van der Waals surface area contributed by atoms with Crippen LogP contribution < -0.4 is 19.6 Å². The first-order chi connectivity index (χ1) is 15.4. The molecular formula is C24H22N2O5S. The van der Waals surface area contributed by atoms with Gasteiger partial charge in [0, 0.05) is 6.08 Å². The van der Waals surface area contributed by atoms with Gasteiger partial charge in [-0.15, -0.1) is 0 Å². The first-order valence-electron chi connectivity index (χ1n) is 9.94. The third kappa shape index (κ3) is 3.97. The molecule has 0 bridgehead atoms. The van der Waals surface area contributed by atoms with Crippen LogP contribution in [0.3, 0.4) is 0 Å². The lowest BCUT2D eigenvalue weighted by Gasteiger charge is -2.24. The number of thiazole rings is 1. The van der Waals surface area contributed by atoms with E-state index in [1.54, 1.807) is 38.3 Å². The normalized spacial score (nSPS) is 15.8. The van der Waals surface area contributed by atoms with Crippen LogP contribution in [0.4, 0.5) is 0 Å². The number of nitrogens with zero attached hydrogens (tertiary/aromatic N) is 2. The van der Waals surface area contributed by atoms with Crippen LogP contribution in [0.5, 0.6) is 5.75 Å². The fourth-order valence-corrected chi connectivity index (χ4v) is 4.58. The highest BCUT2D eigenvalue weighted by Gasteiger charge is 2.33. The van der Waals surface area contributed by atoms with E-state index in [9.17, 15) is 9.59 Å². The zero-order chi connectivity index (χ0) is 22.8. The number of aryl methyl sites for hydroxylation is 1. The van der Waals surface area contributed by atoms with E-state index in [4.69, 9.17) is 13.9 Å². The van der Waals surface area contributed by atoms with Crippen LogP contribution in [-0.2, 0) is 9.53 Å². The van der Waals surface area contributed by atoms with E-state index >= 15 is 0 Å². The van der Waals surface area contributed by atoms with Crippen LogP contribution in [0.2, 0.25) is 0 Å². The predicted octanol–water partition coefficient (Wildman–Crippen LogP) is 2.87. The number of allylic oxidation sites excluding steroid dienone is 1. The lowest BCUT2D eigenvalue weighted by Crippen LogP contribution is -2.39. The molecule has 7 nitrogen and oxygen atoms in total. The Labute approximate surface area is 188 Å². The van der Waals surface area contributed by atoms with Gasteiger partial charge < -0.3 is 13.9 Å². The van der Waals surface area contributed by atoms with Crippen molar-refractivity contribution in [3.8, 4) is 5.75 Å². The number of ether oxygens (including phenoxy) is 2. The van der Waals surface area contributed by atoms with Crippen LogP contribution in [0.15, 0.2) is 74.5 Å². The van der Waals surface area contributed by atoms with Gasteiger partial charge in [-0.1, -0.05) is 36.1 Å². The summed E-state index contributed by atoms with van der Waals surface area (Å²) in [6.07, 6.45) is 3.19. The van der Waals surface area contributed by atoms with Crippen molar-refractivity contribution >= 4 is 23.4 Å². The summed E-state index contributed by atoms with van der Waals surface area (Å²) in [6, 6.07) is 10.2. The van der Waals surface area contributed by atoms with Gasteiger partial charge in [-0.05, 0) is 43.7 Å². The molecule has 0 unspecified atom stereocenters. The summed E-state index contributed by atoms with van der Waals surface area (Å²) in [4.78, 5) is 31.5. The molecule has 164 valence electrons. The number of benzene rings is 1. The smallest absolute Gasteiger partial charge is 0.338 e. The highest BCUT2D eigenvalue weighted by atomic mass is 32.1. The number of methoxy groups -OCH3 is 1. The van der Waals surface area contributed by atoms with Crippen LogP contribution in [0.25, 0.3) is 6.08 Å². The number of carbonyl (C=O) groups is 1. The molecule has 0 amide bonds. The molecule has 1 aromatic carbocycles. The number of carbonyl (C=O) groups excluding carboxylic acids is 1. The summed E-state index contributed by atoms with van der Waals surface area (Å²) in [7, 11) is 1.58. The van der Waals surface area contributed by atoms with Crippen molar-refractivity contribution in [2.75, 3.05) is 13.7 Å². The number of esters is 1. The van der Waals surface area contributed by atoms with Gasteiger partial charge in [-0.3, -0.25) is 9.36 Å². The Hall–Kier alpha value is -3.65. The summed E-state index contributed by atoms with van der Waals surface area (Å²) < 4.78 is 18.2. The molecular weight excluding hydrogens is 428 g/mol. The summed E-state index contributed by atoms with van der Waals surface area (Å²) >= 11 is 1.25. The van der Waals surface area contributed by atoms with E-state index in [1.807, 2.05) is 25.1 Å². The fraction of sp³-hybridized carbons (Fsp3) is 0.208. The van der Waals surface area contributed by atoms with Crippen molar-refractivity contribution in [1.29, 1.82) is 0 Å². The first-order valence-corrected chi connectivity index (χ1v) is 10.8. The van der Waals surface area contributed by atoms with Crippen molar-refractivity contribution in [3.05, 3.63) is 97.1 Å². The monoisotopic (exact) mass is 450 g/mol.